The smallest absolute Gasteiger partial charge is 0.237 e. The van der Waals surface area contributed by atoms with E-state index in [1.807, 2.05) is 0 Å². The quantitative estimate of drug-likeness (QED) is 0.779. The van der Waals surface area contributed by atoms with Crippen molar-refractivity contribution in [3.8, 4) is 0 Å². The second-order valence-corrected chi connectivity index (χ2v) is 5.03. The minimum atomic E-state index is -0.399. The van der Waals surface area contributed by atoms with E-state index in [4.69, 9.17) is 5.73 Å². The molecular formula is C11H13FN2OS. The summed E-state index contributed by atoms with van der Waals surface area (Å²) in [5.41, 5.74) is 6.39. The Morgan fingerprint density at radius 1 is 1.56 bits per heavy atom. The molecule has 0 saturated carbocycles. The average Bonchev–Trinajstić information content (AvgIpc) is 2.76. The number of hydrogen-bond donors (Lipinski definition) is 2. The number of anilines is 2. The maximum absolute atomic E-state index is 13.0. The average molecular weight is 240 g/mol. The van der Waals surface area contributed by atoms with Crippen molar-refractivity contribution in [2.24, 2.45) is 0 Å². The fourth-order valence-electron chi connectivity index (χ4n) is 1.63. The Hall–Kier alpha value is -1.23. The molecular weight excluding hydrogens is 227 g/mol. The van der Waals surface area contributed by atoms with E-state index in [9.17, 15) is 9.18 Å². The Balaban J connectivity index is 2.07. The zero-order valence-corrected chi connectivity index (χ0v) is 9.52. The lowest BCUT2D eigenvalue weighted by Crippen LogP contribution is -2.23. The number of rotatable bonds is 2. The van der Waals surface area contributed by atoms with Gasteiger partial charge in [-0.3, -0.25) is 4.79 Å². The Labute approximate surface area is 97.6 Å². The molecule has 0 aromatic heterocycles. The van der Waals surface area contributed by atoms with Crippen molar-refractivity contribution in [3.05, 3.63) is 24.0 Å². The van der Waals surface area contributed by atoms with Gasteiger partial charge in [-0.05, 0) is 36.8 Å². The zero-order valence-electron chi connectivity index (χ0n) is 8.70. The van der Waals surface area contributed by atoms with Crippen molar-refractivity contribution < 1.29 is 9.18 Å². The number of nitrogen functional groups attached to an aromatic ring is 1. The summed E-state index contributed by atoms with van der Waals surface area (Å²) < 4.78 is 13.0. The van der Waals surface area contributed by atoms with E-state index < -0.39 is 5.82 Å². The topological polar surface area (TPSA) is 55.1 Å². The Kier molecular flexibility index (Phi) is 3.33. The van der Waals surface area contributed by atoms with Gasteiger partial charge in [-0.25, -0.2) is 4.39 Å². The first kappa shape index (κ1) is 11.3. The van der Waals surface area contributed by atoms with Crippen LogP contribution >= 0.6 is 11.8 Å². The first-order valence-electron chi connectivity index (χ1n) is 5.14. The van der Waals surface area contributed by atoms with Crippen LogP contribution in [0.25, 0.3) is 0 Å². The van der Waals surface area contributed by atoms with Crippen molar-refractivity contribution in [2.45, 2.75) is 18.1 Å². The second-order valence-electron chi connectivity index (χ2n) is 3.72. The van der Waals surface area contributed by atoms with Gasteiger partial charge >= 0.3 is 0 Å². The lowest BCUT2D eigenvalue weighted by atomic mass is 10.2. The molecule has 0 bridgehead atoms. The number of hydrogen-bond acceptors (Lipinski definition) is 3. The van der Waals surface area contributed by atoms with Gasteiger partial charge in [0.05, 0.1) is 16.6 Å². The summed E-state index contributed by atoms with van der Waals surface area (Å²) in [5, 5.41) is 2.64. The number of benzene rings is 1. The fourth-order valence-corrected chi connectivity index (χ4v) is 2.80. The van der Waals surface area contributed by atoms with E-state index in [1.54, 1.807) is 11.8 Å². The summed E-state index contributed by atoms with van der Waals surface area (Å²) in [7, 11) is 0. The van der Waals surface area contributed by atoms with E-state index in [-0.39, 0.29) is 11.2 Å². The summed E-state index contributed by atoms with van der Waals surface area (Å²) in [6.45, 7) is 0. The molecule has 1 atom stereocenters. The van der Waals surface area contributed by atoms with Crippen LogP contribution in [0, 0.1) is 5.82 Å². The van der Waals surface area contributed by atoms with E-state index in [1.165, 1.54) is 18.2 Å². The highest BCUT2D eigenvalue weighted by Crippen LogP contribution is 2.28. The third-order valence-corrected chi connectivity index (χ3v) is 3.87. The summed E-state index contributed by atoms with van der Waals surface area (Å²) in [4.78, 5) is 11.8. The fraction of sp³-hybridized carbons (Fsp3) is 0.364. The number of nitrogens with one attached hydrogen (secondary N) is 1. The lowest BCUT2D eigenvalue weighted by molar-refractivity contribution is -0.115. The second kappa shape index (κ2) is 4.74. The third kappa shape index (κ3) is 2.47. The largest absolute Gasteiger partial charge is 0.397 e. The van der Waals surface area contributed by atoms with Crippen LogP contribution in [-0.4, -0.2) is 16.9 Å². The number of carbonyl (C=O) groups excluding carboxylic acids is 1. The molecule has 0 aliphatic carbocycles. The van der Waals surface area contributed by atoms with E-state index in [0.717, 1.165) is 18.6 Å². The van der Waals surface area contributed by atoms with Crippen molar-refractivity contribution in [3.63, 3.8) is 0 Å². The van der Waals surface area contributed by atoms with Crippen molar-refractivity contribution >= 4 is 29.0 Å². The number of thioether (sulfide) groups is 1. The van der Waals surface area contributed by atoms with Crippen LogP contribution in [0.1, 0.15) is 12.8 Å². The third-order valence-electron chi connectivity index (χ3n) is 2.50. The lowest BCUT2D eigenvalue weighted by Gasteiger charge is -2.11. The highest BCUT2D eigenvalue weighted by Gasteiger charge is 2.23. The van der Waals surface area contributed by atoms with Crippen molar-refractivity contribution in [1.82, 2.24) is 0 Å². The predicted octanol–water partition coefficient (Wildman–Crippen LogP) is 2.24. The molecule has 1 heterocycles. The van der Waals surface area contributed by atoms with Gasteiger partial charge in [0.15, 0.2) is 0 Å². The maximum Gasteiger partial charge on any atom is 0.237 e. The molecule has 86 valence electrons. The number of halogens is 1. The first-order valence-corrected chi connectivity index (χ1v) is 6.19. The first-order chi connectivity index (χ1) is 7.66. The van der Waals surface area contributed by atoms with Crippen LogP contribution in [0.2, 0.25) is 0 Å². The molecule has 1 aromatic carbocycles. The monoisotopic (exact) mass is 240 g/mol. The van der Waals surface area contributed by atoms with Gasteiger partial charge in [0, 0.05) is 0 Å². The van der Waals surface area contributed by atoms with Crippen LogP contribution in [0.4, 0.5) is 15.8 Å². The van der Waals surface area contributed by atoms with Crippen LogP contribution in [0.3, 0.4) is 0 Å². The Morgan fingerprint density at radius 3 is 3.06 bits per heavy atom. The molecule has 1 aliphatic heterocycles. The van der Waals surface area contributed by atoms with Gasteiger partial charge in [-0.2, -0.15) is 0 Å². The normalized spacial score (nSPS) is 19.7. The summed E-state index contributed by atoms with van der Waals surface area (Å²) in [6, 6.07) is 3.97. The van der Waals surface area contributed by atoms with Crippen LogP contribution in [0.15, 0.2) is 18.2 Å². The molecule has 2 rings (SSSR count). The van der Waals surface area contributed by atoms with Crippen LogP contribution < -0.4 is 11.1 Å². The van der Waals surface area contributed by atoms with E-state index in [2.05, 4.69) is 5.32 Å². The molecule has 1 aliphatic rings. The van der Waals surface area contributed by atoms with Crippen LogP contribution in [0.5, 0.6) is 0 Å². The Morgan fingerprint density at radius 2 is 2.38 bits per heavy atom. The van der Waals surface area contributed by atoms with Gasteiger partial charge < -0.3 is 11.1 Å². The molecule has 16 heavy (non-hydrogen) atoms. The molecule has 0 radical (unpaired) electrons. The number of nitrogens with two attached hydrogens (primary N) is 1. The SMILES string of the molecule is Nc1ccc(F)cc1NC(=O)C1CCCS1. The molecule has 1 saturated heterocycles. The minimum absolute atomic E-state index is 0.0253. The van der Waals surface area contributed by atoms with Gasteiger partial charge in [0.2, 0.25) is 5.91 Å². The summed E-state index contributed by atoms with van der Waals surface area (Å²) >= 11 is 1.63. The van der Waals surface area contributed by atoms with Gasteiger partial charge in [-0.1, -0.05) is 0 Å². The van der Waals surface area contributed by atoms with Crippen molar-refractivity contribution in [2.75, 3.05) is 16.8 Å². The molecule has 1 amide bonds. The Bertz CT molecular complexity index is 405. The zero-order chi connectivity index (χ0) is 11.5. The number of amides is 1. The summed E-state index contributed by atoms with van der Waals surface area (Å²) in [6.07, 6.45) is 1.94. The standard InChI is InChI=1S/C11H13FN2OS/c12-7-3-4-8(13)9(6-7)14-11(15)10-2-1-5-16-10/h3-4,6,10H,1-2,5,13H2,(H,14,15). The van der Waals surface area contributed by atoms with Gasteiger partial charge in [-0.15, -0.1) is 11.8 Å². The molecule has 3 N–H and O–H groups in total. The van der Waals surface area contributed by atoms with Gasteiger partial charge in [0.1, 0.15) is 5.82 Å². The van der Waals surface area contributed by atoms with E-state index in [0.29, 0.717) is 11.4 Å². The minimum Gasteiger partial charge on any atom is -0.397 e. The summed E-state index contributed by atoms with van der Waals surface area (Å²) in [5.74, 6) is 0.528. The van der Waals surface area contributed by atoms with E-state index >= 15 is 0 Å². The molecule has 1 unspecified atom stereocenters. The molecule has 1 aromatic rings. The predicted molar refractivity (Wildman–Crippen MR) is 64.9 cm³/mol. The van der Waals surface area contributed by atoms with Crippen LogP contribution in [-0.2, 0) is 4.79 Å². The molecule has 1 fully saturated rings. The van der Waals surface area contributed by atoms with Gasteiger partial charge in [0.25, 0.3) is 0 Å². The van der Waals surface area contributed by atoms with Crippen molar-refractivity contribution in [1.29, 1.82) is 0 Å². The molecule has 5 heteroatoms. The molecule has 0 spiro atoms. The highest BCUT2D eigenvalue weighted by molar-refractivity contribution is 8.00. The number of carbonyl (C=O) groups is 1. The molecule has 3 nitrogen and oxygen atoms in total. The maximum atomic E-state index is 13.0. The highest BCUT2D eigenvalue weighted by atomic mass is 32.2.